The van der Waals surface area contributed by atoms with E-state index in [9.17, 15) is 9.59 Å². The number of amides is 2. The number of hydrogen-bond donors (Lipinski definition) is 3. The van der Waals surface area contributed by atoms with Gasteiger partial charge in [0, 0.05) is 13.0 Å². The average molecular weight is 473 g/mol. The van der Waals surface area contributed by atoms with E-state index in [-0.39, 0.29) is 25.2 Å². The van der Waals surface area contributed by atoms with Gasteiger partial charge < -0.3 is 20.5 Å². The Kier molecular flexibility index (Phi) is 10.6. The molecule has 6 heteroatoms. The van der Waals surface area contributed by atoms with Gasteiger partial charge in [-0.25, -0.2) is 4.79 Å². The molecule has 0 fully saturated rings. The van der Waals surface area contributed by atoms with Crippen molar-refractivity contribution in [3.8, 4) is 0 Å². The molecule has 2 atom stereocenters. The maximum Gasteiger partial charge on any atom is 0.408 e. The maximum absolute atomic E-state index is 13.3. The number of aliphatic hydroxyl groups is 1. The molecule has 0 aliphatic heterocycles. The third-order valence-corrected chi connectivity index (χ3v) is 5.39. The van der Waals surface area contributed by atoms with Crippen molar-refractivity contribution in [2.75, 3.05) is 6.61 Å². The van der Waals surface area contributed by atoms with Crippen LogP contribution in [0.2, 0.25) is 0 Å². The molecule has 0 spiro atoms. The van der Waals surface area contributed by atoms with E-state index in [0.29, 0.717) is 19.3 Å². The summed E-state index contributed by atoms with van der Waals surface area (Å²) < 4.78 is 5.35. The number of benzene rings is 3. The summed E-state index contributed by atoms with van der Waals surface area (Å²) in [6.07, 6.45) is 4.49. The van der Waals surface area contributed by atoms with Gasteiger partial charge in [-0.2, -0.15) is 0 Å². The molecular weight excluding hydrogens is 440 g/mol. The zero-order valence-electron chi connectivity index (χ0n) is 19.7. The average Bonchev–Trinajstić information content (AvgIpc) is 2.89. The first kappa shape index (κ1) is 25.7. The van der Waals surface area contributed by atoms with Crippen molar-refractivity contribution in [3.63, 3.8) is 0 Å². The predicted octanol–water partition coefficient (Wildman–Crippen LogP) is 4.19. The second-order valence-electron chi connectivity index (χ2n) is 8.19. The Morgan fingerprint density at radius 3 is 1.89 bits per heavy atom. The van der Waals surface area contributed by atoms with Crippen LogP contribution < -0.4 is 10.6 Å². The van der Waals surface area contributed by atoms with Gasteiger partial charge in [-0.05, 0) is 29.5 Å². The minimum Gasteiger partial charge on any atom is -0.445 e. The first-order valence-corrected chi connectivity index (χ1v) is 11.8. The quantitative estimate of drug-likeness (QED) is 0.345. The van der Waals surface area contributed by atoms with Crippen LogP contribution in [0, 0.1) is 0 Å². The molecule has 3 N–H and O–H groups in total. The van der Waals surface area contributed by atoms with Gasteiger partial charge in [0.1, 0.15) is 12.6 Å². The normalized spacial score (nSPS) is 12.6. The fourth-order valence-electron chi connectivity index (χ4n) is 3.62. The Bertz CT molecular complexity index is 1060. The van der Waals surface area contributed by atoms with Crippen molar-refractivity contribution in [3.05, 3.63) is 120 Å². The Morgan fingerprint density at radius 1 is 0.771 bits per heavy atom. The molecule has 0 aliphatic carbocycles. The lowest BCUT2D eigenvalue weighted by molar-refractivity contribution is -0.123. The van der Waals surface area contributed by atoms with Gasteiger partial charge in [-0.3, -0.25) is 4.79 Å². The van der Waals surface area contributed by atoms with E-state index >= 15 is 0 Å². The summed E-state index contributed by atoms with van der Waals surface area (Å²) in [6.45, 7) is 0.154. The summed E-state index contributed by atoms with van der Waals surface area (Å²) in [4.78, 5) is 25.9. The van der Waals surface area contributed by atoms with Crippen molar-refractivity contribution in [1.82, 2.24) is 10.6 Å². The van der Waals surface area contributed by atoms with Crippen LogP contribution in [0.15, 0.2) is 103 Å². The van der Waals surface area contributed by atoms with E-state index in [1.54, 1.807) is 0 Å². The summed E-state index contributed by atoms with van der Waals surface area (Å²) in [5.41, 5.74) is 2.86. The van der Waals surface area contributed by atoms with Crippen molar-refractivity contribution in [2.24, 2.45) is 0 Å². The van der Waals surface area contributed by atoms with Gasteiger partial charge >= 0.3 is 6.09 Å². The molecule has 0 bridgehead atoms. The standard InChI is InChI=1S/C29H32N2O4/c32-19-11-10-18-26(20-23-12-4-1-5-13-23)30-28(33)27(21-24-14-6-2-7-15-24)31-29(34)35-22-25-16-8-3-9-17-25/h1-10,12-18,26-27,32H,11,19-22H2,(H,30,33)(H,31,34)/b18-10+. The smallest absolute Gasteiger partial charge is 0.408 e. The van der Waals surface area contributed by atoms with Crippen molar-refractivity contribution < 1.29 is 19.4 Å². The largest absolute Gasteiger partial charge is 0.445 e. The molecule has 0 saturated heterocycles. The lowest BCUT2D eigenvalue weighted by Crippen LogP contribution is -2.50. The molecule has 0 saturated carbocycles. The Morgan fingerprint density at radius 2 is 1.31 bits per heavy atom. The van der Waals surface area contributed by atoms with E-state index in [4.69, 9.17) is 9.84 Å². The number of hydrogen-bond acceptors (Lipinski definition) is 4. The van der Waals surface area contributed by atoms with Crippen LogP contribution in [0.5, 0.6) is 0 Å². The number of aliphatic hydroxyl groups excluding tert-OH is 1. The molecule has 182 valence electrons. The fraction of sp³-hybridized carbons (Fsp3) is 0.241. The second kappa shape index (κ2) is 14.4. The molecule has 6 nitrogen and oxygen atoms in total. The van der Waals surface area contributed by atoms with Crippen molar-refractivity contribution in [2.45, 2.75) is 38.0 Å². The van der Waals surface area contributed by atoms with Crippen LogP contribution in [0.25, 0.3) is 0 Å². The first-order chi connectivity index (χ1) is 17.1. The first-order valence-electron chi connectivity index (χ1n) is 11.8. The highest BCUT2D eigenvalue weighted by Crippen LogP contribution is 2.08. The van der Waals surface area contributed by atoms with Crippen LogP contribution in [-0.2, 0) is 29.0 Å². The Labute approximate surface area is 206 Å². The minimum atomic E-state index is -0.815. The highest BCUT2D eigenvalue weighted by atomic mass is 16.5. The third-order valence-electron chi connectivity index (χ3n) is 5.39. The molecular formula is C29H32N2O4. The number of rotatable bonds is 12. The molecule has 3 aromatic rings. The van der Waals surface area contributed by atoms with Gasteiger partial charge in [-0.1, -0.05) is 103 Å². The van der Waals surface area contributed by atoms with Crippen LogP contribution in [0.3, 0.4) is 0 Å². The lowest BCUT2D eigenvalue weighted by Gasteiger charge is -2.22. The molecule has 0 heterocycles. The summed E-state index contributed by atoms with van der Waals surface area (Å²) in [5, 5.41) is 14.9. The monoisotopic (exact) mass is 472 g/mol. The fourth-order valence-corrected chi connectivity index (χ4v) is 3.62. The van der Waals surface area contributed by atoms with Crippen LogP contribution >= 0.6 is 0 Å². The maximum atomic E-state index is 13.3. The number of ether oxygens (including phenoxy) is 1. The molecule has 3 rings (SSSR count). The highest BCUT2D eigenvalue weighted by molar-refractivity contribution is 5.86. The van der Waals surface area contributed by atoms with E-state index in [1.165, 1.54) is 0 Å². The van der Waals surface area contributed by atoms with Crippen molar-refractivity contribution >= 4 is 12.0 Å². The van der Waals surface area contributed by atoms with E-state index in [0.717, 1.165) is 16.7 Å². The number of nitrogens with one attached hydrogen (secondary N) is 2. The van der Waals surface area contributed by atoms with Gasteiger partial charge in [-0.15, -0.1) is 0 Å². The number of carbonyl (C=O) groups excluding carboxylic acids is 2. The molecule has 0 radical (unpaired) electrons. The van der Waals surface area contributed by atoms with Crippen LogP contribution in [0.1, 0.15) is 23.1 Å². The number of alkyl carbamates (subject to hydrolysis) is 1. The summed E-state index contributed by atoms with van der Waals surface area (Å²) >= 11 is 0. The third kappa shape index (κ3) is 9.47. The van der Waals surface area contributed by atoms with Gasteiger partial charge in [0.15, 0.2) is 0 Å². The molecule has 2 amide bonds. The second-order valence-corrected chi connectivity index (χ2v) is 8.19. The zero-order valence-corrected chi connectivity index (χ0v) is 19.7. The molecule has 2 unspecified atom stereocenters. The van der Waals surface area contributed by atoms with Crippen LogP contribution in [0.4, 0.5) is 4.79 Å². The topological polar surface area (TPSA) is 87.7 Å². The van der Waals surface area contributed by atoms with Gasteiger partial charge in [0.2, 0.25) is 5.91 Å². The Balaban J connectivity index is 1.69. The summed E-state index contributed by atoms with van der Waals surface area (Å²) in [5.74, 6) is -0.305. The van der Waals surface area contributed by atoms with Gasteiger partial charge in [0.05, 0.1) is 6.04 Å². The van der Waals surface area contributed by atoms with Crippen molar-refractivity contribution in [1.29, 1.82) is 0 Å². The summed E-state index contributed by atoms with van der Waals surface area (Å²) in [6, 6.07) is 27.7. The van der Waals surface area contributed by atoms with E-state index in [1.807, 2.05) is 103 Å². The zero-order chi connectivity index (χ0) is 24.7. The SMILES string of the molecule is O=C(NC(Cc1ccccc1)C(=O)NC(/C=C/CCO)Cc1ccccc1)OCc1ccccc1. The molecule has 3 aromatic carbocycles. The number of carbonyl (C=O) groups is 2. The van der Waals surface area contributed by atoms with Gasteiger partial charge in [0.25, 0.3) is 0 Å². The van der Waals surface area contributed by atoms with E-state index in [2.05, 4.69) is 10.6 Å². The predicted molar refractivity (Wildman–Crippen MR) is 137 cm³/mol. The molecule has 35 heavy (non-hydrogen) atoms. The summed E-state index contributed by atoms with van der Waals surface area (Å²) in [7, 11) is 0. The van der Waals surface area contributed by atoms with E-state index < -0.39 is 12.1 Å². The molecule has 0 aromatic heterocycles. The minimum absolute atomic E-state index is 0.0357. The molecule has 0 aliphatic rings. The van der Waals surface area contributed by atoms with Crippen LogP contribution in [-0.4, -0.2) is 35.8 Å². The highest BCUT2D eigenvalue weighted by Gasteiger charge is 2.24. The lowest BCUT2D eigenvalue weighted by atomic mass is 10.0. The Hall–Kier alpha value is -3.90.